The van der Waals surface area contributed by atoms with Gasteiger partial charge in [0, 0.05) is 18.7 Å². The molecule has 1 amide bonds. The Morgan fingerprint density at radius 2 is 1.84 bits per heavy atom. The van der Waals surface area contributed by atoms with Crippen molar-refractivity contribution in [2.45, 2.75) is 24.7 Å². The molecule has 1 fully saturated rings. The summed E-state index contributed by atoms with van der Waals surface area (Å²) in [7, 11) is -1.99. The molecule has 0 heterocycles. The molecule has 0 spiro atoms. The van der Waals surface area contributed by atoms with E-state index in [1.807, 2.05) is 6.92 Å². The summed E-state index contributed by atoms with van der Waals surface area (Å²) in [5.74, 6) is 0.576. The Bertz CT molecular complexity index is 576. The number of primary sulfonamides is 1. The van der Waals surface area contributed by atoms with Crippen molar-refractivity contribution in [1.29, 1.82) is 0 Å². The molecule has 0 radical (unpaired) electrons. The summed E-state index contributed by atoms with van der Waals surface area (Å²) in [5.41, 5.74) is 0.671. The average Bonchev–Trinajstić information content (AvgIpc) is 3.19. The van der Waals surface area contributed by atoms with Crippen molar-refractivity contribution in [1.82, 2.24) is 0 Å². The van der Waals surface area contributed by atoms with E-state index in [0.29, 0.717) is 11.6 Å². The zero-order valence-corrected chi connectivity index (χ0v) is 11.9. The highest BCUT2D eigenvalue weighted by Gasteiger charge is 2.34. The van der Waals surface area contributed by atoms with Crippen LogP contribution in [-0.2, 0) is 14.8 Å². The molecule has 0 saturated heterocycles. The van der Waals surface area contributed by atoms with Crippen molar-refractivity contribution in [3.63, 3.8) is 0 Å². The summed E-state index contributed by atoms with van der Waals surface area (Å²) in [6.45, 7) is 1.94. The second kappa shape index (κ2) is 4.94. The van der Waals surface area contributed by atoms with Crippen LogP contribution >= 0.6 is 0 Å². The number of sulfonamides is 1. The van der Waals surface area contributed by atoms with Crippen molar-refractivity contribution in [2.75, 3.05) is 11.9 Å². The summed E-state index contributed by atoms with van der Waals surface area (Å²) in [6, 6.07) is 6.01. The molecule has 1 aromatic rings. The summed E-state index contributed by atoms with van der Waals surface area (Å²) in [4.78, 5) is 13.8. The average molecular weight is 282 g/mol. The Kier molecular flexibility index (Phi) is 3.64. The first-order chi connectivity index (χ1) is 8.80. The van der Waals surface area contributed by atoms with Gasteiger partial charge in [0.15, 0.2) is 0 Å². The van der Waals surface area contributed by atoms with Gasteiger partial charge in [0.05, 0.1) is 4.90 Å². The lowest BCUT2D eigenvalue weighted by atomic mass is 10.0. The van der Waals surface area contributed by atoms with Crippen LogP contribution in [-0.4, -0.2) is 21.4 Å². The number of benzene rings is 1. The van der Waals surface area contributed by atoms with Crippen LogP contribution in [0.15, 0.2) is 29.2 Å². The molecular formula is C13H18N2O3S. The first kappa shape index (κ1) is 14.0. The highest BCUT2D eigenvalue weighted by molar-refractivity contribution is 7.89. The number of carbonyl (C=O) groups excluding carboxylic acids is 1. The van der Waals surface area contributed by atoms with Gasteiger partial charge in [0.2, 0.25) is 15.9 Å². The maximum Gasteiger partial charge on any atom is 0.238 e. The highest BCUT2D eigenvalue weighted by atomic mass is 32.2. The largest absolute Gasteiger partial charge is 0.315 e. The van der Waals surface area contributed by atoms with Gasteiger partial charge in [-0.3, -0.25) is 4.79 Å². The predicted octanol–water partition coefficient (Wildman–Crippen LogP) is 1.34. The lowest BCUT2D eigenvalue weighted by molar-refractivity contribution is -0.122. The second-order valence-corrected chi connectivity index (χ2v) is 6.62. The van der Waals surface area contributed by atoms with Crippen LogP contribution in [0.4, 0.5) is 5.69 Å². The predicted molar refractivity (Wildman–Crippen MR) is 73.1 cm³/mol. The Hall–Kier alpha value is -1.40. The van der Waals surface area contributed by atoms with Crippen molar-refractivity contribution in [2.24, 2.45) is 17.0 Å². The van der Waals surface area contributed by atoms with Gasteiger partial charge < -0.3 is 4.90 Å². The van der Waals surface area contributed by atoms with Crippen molar-refractivity contribution >= 4 is 21.6 Å². The number of carbonyl (C=O) groups is 1. The third-order valence-corrected chi connectivity index (χ3v) is 4.53. The molecule has 0 bridgehead atoms. The fourth-order valence-corrected chi connectivity index (χ4v) is 2.61. The SMILES string of the molecule is CC(C(=O)N(C)c1ccc(S(N)(=O)=O)cc1)C1CC1. The summed E-state index contributed by atoms with van der Waals surface area (Å²) in [6.07, 6.45) is 2.23. The molecule has 1 unspecified atom stereocenters. The Balaban J connectivity index is 2.15. The van der Waals surface area contributed by atoms with Crippen LogP contribution in [0, 0.1) is 11.8 Å². The van der Waals surface area contributed by atoms with E-state index in [-0.39, 0.29) is 16.7 Å². The van der Waals surface area contributed by atoms with Crippen molar-refractivity contribution in [3.05, 3.63) is 24.3 Å². The minimum atomic E-state index is -3.69. The maximum absolute atomic E-state index is 12.2. The first-order valence-electron chi connectivity index (χ1n) is 6.21. The molecule has 0 aliphatic heterocycles. The topological polar surface area (TPSA) is 80.5 Å². The molecule has 1 atom stereocenters. The molecule has 2 rings (SSSR count). The molecule has 0 aromatic heterocycles. The molecule has 5 nitrogen and oxygen atoms in total. The number of hydrogen-bond acceptors (Lipinski definition) is 3. The van der Waals surface area contributed by atoms with Gasteiger partial charge in [0.1, 0.15) is 0 Å². The first-order valence-corrected chi connectivity index (χ1v) is 7.76. The number of nitrogens with two attached hydrogens (primary N) is 1. The van der Waals surface area contributed by atoms with Gasteiger partial charge in [-0.15, -0.1) is 0 Å². The molecular weight excluding hydrogens is 264 g/mol. The van der Waals surface area contributed by atoms with Crippen LogP contribution < -0.4 is 10.0 Å². The Morgan fingerprint density at radius 3 is 2.26 bits per heavy atom. The van der Waals surface area contributed by atoms with E-state index in [2.05, 4.69) is 0 Å². The van der Waals surface area contributed by atoms with Crippen LogP contribution in [0.3, 0.4) is 0 Å². The Morgan fingerprint density at radius 1 is 1.32 bits per heavy atom. The molecule has 2 N–H and O–H groups in total. The number of amides is 1. The van der Waals surface area contributed by atoms with E-state index in [9.17, 15) is 13.2 Å². The minimum absolute atomic E-state index is 0.0166. The lowest BCUT2D eigenvalue weighted by Crippen LogP contribution is -2.32. The standard InChI is InChI=1S/C13H18N2O3S/c1-9(10-3-4-10)13(16)15(2)11-5-7-12(8-6-11)19(14,17)18/h5-10H,3-4H2,1-2H3,(H2,14,17,18). The number of rotatable bonds is 4. The van der Waals surface area contributed by atoms with Gasteiger partial charge in [-0.1, -0.05) is 6.92 Å². The molecule has 1 saturated carbocycles. The molecule has 104 valence electrons. The third-order valence-electron chi connectivity index (χ3n) is 3.60. The van der Waals surface area contributed by atoms with Crippen LogP contribution in [0.2, 0.25) is 0 Å². The molecule has 1 aromatic carbocycles. The van der Waals surface area contributed by atoms with Gasteiger partial charge in [0.25, 0.3) is 0 Å². The zero-order valence-electron chi connectivity index (χ0n) is 11.0. The fourth-order valence-electron chi connectivity index (χ4n) is 2.09. The van der Waals surface area contributed by atoms with E-state index in [4.69, 9.17) is 5.14 Å². The summed E-state index contributed by atoms with van der Waals surface area (Å²) in [5, 5.41) is 5.03. The normalized spacial score (nSPS) is 17.0. The van der Waals surface area contributed by atoms with Crippen LogP contribution in [0.5, 0.6) is 0 Å². The van der Waals surface area contributed by atoms with Crippen molar-refractivity contribution < 1.29 is 13.2 Å². The fraction of sp³-hybridized carbons (Fsp3) is 0.462. The van der Waals surface area contributed by atoms with Gasteiger partial charge in [-0.05, 0) is 43.0 Å². The van der Waals surface area contributed by atoms with Gasteiger partial charge in [-0.2, -0.15) is 0 Å². The smallest absolute Gasteiger partial charge is 0.238 e. The number of hydrogen-bond donors (Lipinski definition) is 1. The second-order valence-electron chi connectivity index (χ2n) is 5.06. The lowest BCUT2D eigenvalue weighted by Gasteiger charge is -2.21. The monoisotopic (exact) mass is 282 g/mol. The number of nitrogens with zero attached hydrogens (tertiary/aromatic N) is 1. The molecule has 19 heavy (non-hydrogen) atoms. The van der Waals surface area contributed by atoms with Crippen LogP contribution in [0.25, 0.3) is 0 Å². The third kappa shape index (κ3) is 3.13. The molecule has 6 heteroatoms. The van der Waals surface area contributed by atoms with E-state index < -0.39 is 10.0 Å². The zero-order chi connectivity index (χ0) is 14.2. The van der Waals surface area contributed by atoms with Gasteiger partial charge in [-0.25, -0.2) is 13.6 Å². The van der Waals surface area contributed by atoms with E-state index >= 15 is 0 Å². The van der Waals surface area contributed by atoms with E-state index in [1.54, 1.807) is 24.1 Å². The minimum Gasteiger partial charge on any atom is -0.315 e. The quantitative estimate of drug-likeness (QED) is 0.905. The van der Waals surface area contributed by atoms with E-state index in [1.165, 1.54) is 12.1 Å². The van der Waals surface area contributed by atoms with Crippen molar-refractivity contribution in [3.8, 4) is 0 Å². The van der Waals surface area contributed by atoms with Gasteiger partial charge >= 0.3 is 0 Å². The molecule has 1 aliphatic carbocycles. The Labute approximate surface area is 113 Å². The summed E-state index contributed by atoms with van der Waals surface area (Å²) < 4.78 is 22.3. The van der Waals surface area contributed by atoms with Crippen LogP contribution in [0.1, 0.15) is 19.8 Å². The summed E-state index contributed by atoms with van der Waals surface area (Å²) >= 11 is 0. The number of anilines is 1. The molecule has 1 aliphatic rings. The van der Waals surface area contributed by atoms with E-state index in [0.717, 1.165) is 12.8 Å². The maximum atomic E-state index is 12.2. The highest BCUT2D eigenvalue weighted by Crippen LogP contribution is 2.37.